The van der Waals surface area contributed by atoms with Crippen molar-refractivity contribution in [3.05, 3.63) is 34.9 Å². The summed E-state index contributed by atoms with van der Waals surface area (Å²) in [6.45, 7) is 0.579. The van der Waals surface area contributed by atoms with Crippen LogP contribution >= 0.6 is 11.6 Å². The quantitative estimate of drug-likeness (QED) is 0.873. The summed E-state index contributed by atoms with van der Waals surface area (Å²) in [7, 11) is 0. The topological polar surface area (TPSA) is 80.1 Å². The summed E-state index contributed by atoms with van der Waals surface area (Å²) in [5.74, 6) is 0.100. The van der Waals surface area contributed by atoms with Crippen molar-refractivity contribution in [1.82, 2.24) is 20.8 Å². The van der Waals surface area contributed by atoms with Gasteiger partial charge in [0.05, 0.1) is 11.6 Å². The Kier molecular flexibility index (Phi) is 3.37. The van der Waals surface area contributed by atoms with Crippen molar-refractivity contribution >= 4 is 17.5 Å². The Morgan fingerprint density at radius 3 is 3.00 bits per heavy atom. The molecule has 20 heavy (non-hydrogen) atoms. The van der Waals surface area contributed by atoms with E-state index in [-0.39, 0.29) is 23.5 Å². The molecule has 2 aromatic rings. The average molecular weight is 297 g/mol. The number of hydrogen-bond acceptors (Lipinski definition) is 5. The Bertz CT molecular complexity index is 651. The van der Waals surface area contributed by atoms with Crippen molar-refractivity contribution in [2.24, 2.45) is 0 Å². The maximum absolute atomic E-state index is 13.1. The largest absolute Gasteiger partial charge is 0.353 e. The zero-order valence-corrected chi connectivity index (χ0v) is 10.9. The zero-order valence-electron chi connectivity index (χ0n) is 10.2. The van der Waals surface area contributed by atoms with E-state index in [9.17, 15) is 9.18 Å². The van der Waals surface area contributed by atoms with Crippen LogP contribution in [0, 0.1) is 5.82 Å². The standard InChI is InChI=1S/C12H10ClFN4O2/c13-7-3-6(1-2-8(7)14)11-17-12(20-18-11)9-4-16-10(19)5-15-9/h1-3,9,15H,4-5H2,(H,16,19). The van der Waals surface area contributed by atoms with Gasteiger partial charge >= 0.3 is 0 Å². The van der Waals surface area contributed by atoms with E-state index in [2.05, 4.69) is 20.8 Å². The average Bonchev–Trinajstić information content (AvgIpc) is 2.92. The molecule has 1 aromatic carbocycles. The fourth-order valence-corrected chi connectivity index (χ4v) is 2.05. The second kappa shape index (κ2) is 5.18. The number of aromatic nitrogens is 2. The minimum atomic E-state index is -0.504. The molecule has 0 spiro atoms. The molecule has 0 bridgehead atoms. The Morgan fingerprint density at radius 2 is 2.30 bits per heavy atom. The Balaban J connectivity index is 1.82. The molecule has 1 atom stereocenters. The molecule has 0 aliphatic carbocycles. The molecule has 1 unspecified atom stereocenters. The molecule has 1 aliphatic rings. The van der Waals surface area contributed by atoms with Crippen LogP contribution in [0.4, 0.5) is 4.39 Å². The van der Waals surface area contributed by atoms with Gasteiger partial charge in [-0.3, -0.25) is 10.1 Å². The second-order valence-electron chi connectivity index (χ2n) is 4.32. The predicted molar refractivity (Wildman–Crippen MR) is 68.5 cm³/mol. The van der Waals surface area contributed by atoms with Gasteiger partial charge in [0.15, 0.2) is 0 Å². The highest BCUT2D eigenvalue weighted by Gasteiger charge is 2.24. The monoisotopic (exact) mass is 296 g/mol. The summed E-state index contributed by atoms with van der Waals surface area (Å²) >= 11 is 5.71. The van der Waals surface area contributed by atoms with E-state index in [1.165, 1.54) is 18.2 Å². The lowest BCUT2D eigenvalue weighted by atomic mass is 10.2. The van der Waals surface area contributed by atoms with Crippen LogP contribution in [0.3, 0.4) is 0 Å². The molecule has 1 fully saturated rings. The third-order valence-electron chi connectivity index (χ3n) is 2.93. The van der Waals surface area contributed by atoms with Gasteiger partial charge in [-0.1, -0.05) is 16.8 Å². The molecule has 3 rings (SSSR count). The van der Waals surface area contributed by atoms with E-state index in [0.29, 0.717) is 23.8 Å². The summed E-state index contributed by atoms with van der Waals surface area (Å²) in [5, 5.41) is 9.50. The number of piperazine rings is 1. The smallest absolute Gasteiger partial charge is 0.245 e. The molecule has 2 heterocycles. The van der Waals surface area contributed by atoms with Gasteiger partial charge in [0.25, 0.3) is 0 Å². The molecule has 0 radical (unpaired) electrons. The van der Waals surface area contributed by atoms with Gasteiger partial charge in [0.2, 0.25) is 17.6 Å². The van der Waals surface area contributed by atoms with Crippen molar-refractivity contribution in [1.29, 1.82) is 0 Å². The van der Waals surface area contributed by atoms with Gasteiger partial charge < -0.3 is 9.84 Å². The van der Waals surface area contributed by atoms with Crippen LogP contribution in [0.15, 0.2) is 22.7 Å². The molecule has 6 nitrogen and oxygen atoms in total. The van der Waals surface area contributed by atoms with Gasteiger partial charge in [0, 0.05) is 12.1 Å². The van der Waals surface area contributed by atoms with Crippen LogP contribution in [-0.4, -0.2) is 29.1 Å². The number of halogens is 2. The summed E-state index contributed by atoms with van der Waals surface area (Å²) in [4.78, 5) is 15.3. The van der Waals surface area contributed by atoms with Gasteiger partial charge in [0.1, 0.15) is 11.9 Å². The van der Waals surface area contributed by atoms with Crippen molar-refractivity contribution in [3.8, 4) is 11.4 Å². The van der Waals surface area contributed by atoms with Gasteiger partial charge in [-0.2, -0.15) is 4.98 Å². The minimum Gasteiger partial charge on any atom is -0.353 e. The molecule has 1 amide bonds. The van der Waals surface area contributed by atoms with Crippen molar-refractivity contribution in [3.63, 3.8) is 0 Å². The highest BCUT2D eigenvalue weighted by atomic mass is 35.5. The maximum Gasteiger partial charge on any atom is 0.245 e. The number of nitrogens with one attached hydrogen (secondary N) is 2. The maximum atomic E-state index is 13.1. The molecular weight excluding hydrogens is 287 g/mol. The summed E-state index contributed by atoms with van der Waals surface area (Å²) in [6, 6.07) is 3.96. The van der Waals surface area contributed by atoms with Crippen LogP contribution in [0.5, 0.6) is 0 Å². The van der Waals surface area contributed by atoms with Crippen LogP contribution in [-0.2, 0) is 4.79 Å². The number of carbonyl (C=O) groups is 1. The van der Waals surface area contributed by atoms with Gasteiger partial charge in [-0.15, -0.1) is 0 Å². The normalized spacial score (nSPS) is 18.9. The second-order valence-corrected chi connectivity index (χ2v) is 4.73. The van der Waals surface area contributed by atoms with Crippen molar-refractivity contribution in [2.45, 2.75) is 6.04 Å². The van der Waals surface area contributed by atoms with Crippen molar-refractivity contribution in [2.75, 3.05) is 13.1 Å². The molecule has 2 N–H and O–H groups in total. The molecular formula is C12H10ClFN4O2. The lowest BCUT2D eigenvalue weighted by molar-refractivity contribution is -0.121. The number of benzene rings is 1. The van der Waals surface area contributed by atoms with E-state index < -0.39 is 5.82 Å². The first-order valence-electron chi connectivity index (χ1n) is 5.92. The summed E-state index contributed by atoms with van der Waals surface area (Å²) in [5.41, 5.74) is 0.561. The highest BCUT2D eigenvalue weighted by molar-refractivity contribution is 6.31. The zero-order chi connectivity index (χ0) is 14.1. The van der Waals surface area contributed by atoms with E-state index in [1.54, 1.807) is 0 Å². The molecule has 1 aromatic heterocycles. The van der Waals surface area contributed by atoms with E-state index in [0.717, 1.165) is 0 Å². The molecule has 0 saturated carbocycles. The lowest BCUT2D eigenvalue weighted by Crippen LogP contribution is -2.47. The fourth-order valence-electron chi connectivity index (χ4n) is 1.87. The first-order valence-corrected chi connectivity index (χ1v) is 6.30. The highest BCUT2D eigenvalue weighted by Crippen LogP contribution is 2.24. The van der Waals surface area contributed by atoms with Crippen molar-refractivity contribution < 1.29 is 13.7 Å². The number of nitrogens with zero attached hydrogens (tertiary/aromatic N) is 2. The van der Waals surface area contributed by atoms with Crippen LogP contribution < -0.4 is 10.6 Å². The van der Waals surface area contributed by atoms with Crippen LogP contribution in [0.2, 0.25) is 5.02 Å². The SMILES string of the molecule is O=C1CNC(c2nc(-c3ccc(F)c(Cl)c3)no2)CN1. The molecule has 1 saturated heterocycles. The van der Waals surface area contributed by atoms with Gasteiger partial charge in [-0.05, 0) is 18.2 Å². The Morgan fingerprint density at radius 1 is 1.45 bits per heavy atom. The first kappa shape index (κ1) is 13.0. The van der Waals surface area contributed by atoms with E-state index >= 15 is 0 Å². The fraction of sp³-hybridized carbons (Fsp3) is 0.250. The number of hydrogen-bond donors (Lipinski definition) is 2. The minimum absolute atomic E-state index is 0.00287. The molecule has 8 heteroatoms. The summed E-state index contributed by atoms with van der Waals surface area (Å²) in [6.07, 6.45) is 0. The third-order valence-corrected chi connectivity index (χ3v) is 3.22. The summed E-state index contributed by atoms with van der Waals surface area (Å²) < 4.78 is 18.3. The number of carbonyl (C=O) groups excluding carboxylic acids is 1. The molecule has 1 aliphatic heterocycles. The predicted octanol–water partition coefficient (Wildman–Crippen LogP) is 1.29. The van der Waals surface area contributed by atoms with Gasteiger partial charge in [-0.25, -0.2) is 4.39 Å². The molecule has 104 valence electrons. The first-order chi connectivity index (χ1) is 9.63. The Labute approximate surface area is 118 Å². The van der Waals surface area contributed by atoms with E-state index in [1.807, 2.05) is 0 Å². The lowest BCUT2D eigenvalue weighted by Gasteiger charge is -2.20. The number of rotatable bonds is 2. The van der Waals surface area contributed by atoms with E-state index in [4.69, 9.17) is 16.1 Å². The van der Waals surface area contributed by atoms with Crippen LogP contribution in [0.25, 0.3) is 11.4 Å². The Hall–Kier alpha value is -1.99. The third kappa shape index (κ3) is 2.50. The number of amides is 1. The van der Waals surface area contributed by atoms with Crippen LogP contribution in [0.1, 0.15) is 11.9 Å².